The van der Waals surface area contributed by atoms with E-state index < -0.39 is 18.2 Å². The highest BCUT2D eigenvalue weighted by Crippen LogP contribution is 2.37. The molecule has 2 nitrogen and oxygen atoms in total. The van der Waals surface area contributed by atoms with Crippen molar-refractivity contribution >= 4 is 0 Å². The number of aliphatic hydroxyl groups excluding tert-OH is 1. The second-order valence-corrected chi connectivity index (χ2v) is 5.84. The van der Waals surface area contributed by atoms with Gasteiger partial charge in [0.1, 0.15) is 5.92 Å². The number of hydrogen-bond donors (Lipinski definition) is 1. The van der Waals surface area contributed by atoms with Crippen molar-refractivity contribution in [3.05, 3.63) is 60.2 Å². The maximum atomic E-state index is 12.9. The smallest absolute Gasteiger partial charge is 0.391 e. The lowest BCUT2D eigenvalue weighted by molar-refractivity contribution is -0.173. The summed E-state index contributed by atoms with van der Waals surface area (Å²) in [7, 11) is 3.25. The number of nitrogens with zero attached hydrogens (tertiary/aromatic N) is 1. The first-order valence-electron chi connectivity index (χ1n) is 7.34. The standard InChI is InChI=1S/C12H16F3NO.C6H4/c1-16(2)8-10(17)11(12(13,14)15)9-6-4-3-5-7-9;1-2-5-4-6(5)3-1/h3-7,10-11,17H,8H2,1-2H3;1-4H. The second-order valence-electron chi connectivity index (χ2n) is 5.84. The second kappa shape index (κ2) is 7.15. The number of fused-ring (bicyclic) bond motifs is 1. The average molecular weight is 323 g/mol. The van der Waals surface area contributed by atoms with Crippen molar-refractivity contribution in [2.75, 3.05) is 20.6 Å². The van der Waals surface area contributed by atoms with E-state index in [1.54, 1.807) is 20.2 Å². The molecule has 2 aliphatic carbocycles. The van der Waals surface area contributed by atoms with Crippen molar-refractivity contribution in [1.29, 1.82) is 0 Å². The van der Waals surface area contributed by atoms with Crippen LogP contribution in [0.1, 0.15) is 11.5 Å². The van der Waals surface area contributed by atoms with Gasteiger partial charge in [0, 0.05) is 6.54 Å². The Morgan fingerprint density at radius 3 is 1.87 bits per heavy atom. The first-order valence-corrected chi connectivity index (χ1v) is 7.34. The molecule has 2 atom stereocenters. The van der Waals surface area contributed by atoms with Crippen molar-refractivity contribution in [1.82, 2.24) is 4.90 Å². The Morgan fingerprint density at radius 2 is 1.52 bits per heavy atom. The van der Waals surface area contributed by atoms with Gasteiger partial charge in [-0.3, -0.25) is 0 Å². The SMILES string of the molecule is CN(C)CC(O)C(c1ccccc1)C(F)(F)F.c1cc2cc-2c1. The van der Waals surface area contributed by atoms with E-state index in [0.29, 0.717) is 0 Å². The van der Waals surface area contributed by atoms with Crippen molar-refractivity contribution < 1.29 is 18.3 Å². The predicted octanol–water partition coefficient (Wildman–Crippen LogP) is 3.92. The molecule has 0 heterocycles. The van der Waals surface area contributed by atoms with Gasteiger partial charge in [0.15, 0.2) is 0 Å². The Balaban J connectivity index is 0.000000260. The van der Waals surface area contributed by atoms with E-state index in [2.05, 4.69) is 24.3 Å². The van der Waals surface area contributed by atoms with Crippen molar-refractivity contribution in [3.63, 3.8) is 0 Å². The number of aliphatic hydroxyl groups is 1. The van der Waals surface area contributed by atoms with E-state index in [0.717, 1.165) is 0 Å². The molecule has 0 saturated carbocycles. The lowest BCUT2D eigenvalue weighted by Crippen LogP contribution is -2.38. The summed E-state index contributed by atoms with van der Waals surface area (Å²) < 4.78 is 38.8. The number of hydrogen-bond acceptors (Lipinski definition) is 2. The molecule has 1 N–H and O–H groups in total. The van der Waals surface area contributed by atoms with E-state index in [1.807, 2.05) is 0 Å². The molecule has 0 aliphatic heterocycles. The van der Waals surface area contributed by atoms with E-state index in [1.165, 1.54) is 40.3 Å². The van der Waals surface area contributed by atoms with E-state index in [4.69, 9.17) is 0 Å². The van der Waals surface area contributed by atoms with Crippen LogP contribution in [0.15, 0.2) is 54.6 Å². The number of benzene rings is 2. The monoisotopic (exact) mass is 323 g/mol. The van der Waals surface area contributed by atoms with Crippen LogP contribution in [0.25, 0.3) is 11.1 Å². The zero-order chi connectivity index (χ0) is 17.0. The van der Waals surface area contributed by atoms with Gasteiger partial charge in [-0.1, -0.05) is 48.5 Å². The Hall–Kier alpha value is -1.85. The molecule has 0 bridgehead atoms. The molecule has 0 amide bonds. The van der Waals surface area contributed by atoms with E-state index in [9.17, 15) is 18.3 Å². The maximum absolute atomic E-state index is 12.9. The third-order valence-corrected chi connectivity index (χ3v) is 3.56. The van der Waals surface area contributed by atoms with Crippen LogP contribution in [-0.4, -0.2) is 42.9 Å². The van der Waals surface area contributed by atoms with Crippen molar-refractivity contribution in [2.45, 2.75) is 18.2 Å². The molecule has 0 aromatic heterocycles. The molecule has 124 valence electrons. The third kappa shape index (κ3) is 5.08. The van der Waals surface area contributed by atoms with Crippen molar-refractivity contribution in [3.8, 4) is 11.1 Å². The van der Waals surface area contributed by atoms with Gasteiger partial charge < -0.3 is 10.0 Å². The summed E-state index contributed by atoms with van der Waals surface area (Å²) in [6.45, 7) is -0.0287. The summed E-state index contributed by atoms with van der Waals surface area (Å²) in [6, 6.07) is 16.0. The Morgan fingerprint density at radius 1 is 0.957 bits per heavy atom. The molecule has 1 aromatic carbocycles. The van der Waals surface area contributed by atoms with Crippen LogP contribution in [0, 0.1) is 0 Å². The summed E-state index contributed by atoms with van der Waals surface area (Å²) in [5.74, 6) is -1.84. The minimum absolute atomic E-state index is 0.0287. The number of halogens is 3. The van der Waals surface area contributed by atoms with Gasteiger partial charge in [-0.15, -0.1) is 0 Å². The summed E-state index contributed by atoms with van der Waals surface area (Å²) in [4.78, 5) is 1.53. The lowest BCUT2D eigenvalue weighted by Gasteiger charge is -2.27. The molecular weight excluding hydrogens is 303 g/mol. The Labute approximate surface area is 134 Å². The summed E-state index contributed by atoms with van der Waals surface area (Å²) in [5.41, 5.74) is 2.94. The summed E-state index contributed by atoms with van der Waals surface area (Å²) >= 11 is 0. The first-order chi connectivity index (χ1) is 10.8. The van der Waals surface area contributed by atoms with Crippen molar-refractivity contribution in [2.24, 2.45) is 0 Å². The predicted molar refractivity (Wildman–Crippen MR) is 85.2 cm³/mol. The third-order valence-electron chi connectivity index (χ3n) is 3.56. The fourth-order valence-electron chi connectivity index (χ4n) is 2.44. The van der Waals surface area contributed by atoms with Gasteiger partial charge >= 0.3 is 6.18 Å². The maximum Gasteiger partial charge on any atom is 0.398 e. The van der Waals surface area contributed by atoms with Crippen LogP contribution in [0.4, 0.5) is 13.2 Å². The number of likely N-dealkylation sites (N-methyl/N-ethyl adjacent to an activating group) is 1. The summed E-state index contributed by atoms with van der Waals surface area (Å²) in [5, 5.41) is 9.71. The lowest BCUT2D eigenvalue weighted by atomic mass is 9.92. The Kier molecular flexibility index (Phi) is 5.44. The van der Waals surface area contributed by atoms with Gasteiger partial charge in [0.25, 0.3) is 0 Å². The van der Waals surface area contributed by atoms with Crippen LogP contribution < -0.4 is 0 Å². The van der Waals surface area contributed by atoms with Gasteiger partial charge in [-0.25, -0.2) is 0 Å². The molecule has 2 unspecified atom stereocenters. The van der Waals surface area contributed by atoms with Crippen LogP contribution in [0.2, 0.25) is 0 Å². The molecule has 0 fully saturated rings. The number of alkyl halides is 3. The zero-order valence-corrected chi connectivity index (χ0v) is 13.1. The zero-order valence-electron chi connectivity index (χ0n) is 13.1. The van der Waals surface area contributed by atoms with Crippen LogP contribution >= 0.6 is 0 Å². The van der Waals surface area contributed by atoms with Crippen LogP contribution in [0.3, 0.4) is 0 Å². The largest absolute Gasteiger partial charge is 0.398 e. The highest BCUT2D eigenvalue weighted by Gasteiger charge is 2.45. The van der Waals surface area contributed by atoms with Crippen LogP contribution in [0.5, 0.6) is 0 Å². The van der Waals surface area contributed by atoms with E-state index >= 15 is 0 Å². The molecule has 23 heavy (non-hydrogen) atoms. The molecule has 0 spiro atoms. The Bertz CT molecular complexity index is 608. The normalized spacial score (nSPS) is 14.7. The van der Waals surface area contributed by atoms with Gasteiger partial charge in [-0.05, 0) is 36.9 Å². The van der Waals surface area contributed by atoms with Gasteiger partial charge in [0.05, 0.1) is 6.10 Å². The minimum atomic E-state index is -4.45. The molecule has 3 rings (SSSR count). The molecular formula is C18H20F3NO. The van der Waals surface area contributed by atoms with E-state index in [-0.39, 0.29) is 12.1 Å². The minimum Gasteiger partial charge on any atom is -0.391 e. The van der Waals surface area contributed by atoms with Crippen LogP contribution in [-0.2, 0) is 0 Å². The molecule has 0 saturated heterocycles. The van der Waals surface area contributed by atoms with Gasteiger partial charge in [0.2, 0.25) is 0 Å². The molecule has 0 radical (unpaired) electrons. The highest BCUT2D eigenvalue weighted by atomic mass is 19.4. The fraction of sp³-hybridized carbons (Fsp3) is 0.333. The first kappa shape index (κ1) is 17.5. The average Bonchev–Trinajstić information content (AvgIpc) is 3.04. The van der Waals surface area contributed by atoms with Gasteiger partial charge in [-0.2, -0.15) is 13.2 Å². The molecule has 2 aliphatic rings. The molecule has 5 heteroatoms. The number of rotatable bonds is 4. The quantitative estimate of drug-likeness (QED) is 0.786. The molecule has 1 aromatic rings. The summed E-state index contributed by atoms with van der Waals surface area (Å²) in [6.07, 6.45) is -5.91. The fourth-order valence-corrected chi connectivity index (χ4v) is 2.44. The highest BCUT2D eigenvalue weighted by molar-refractivity contribution is 5.80. The topological polar surface area (TPSA) is 23.5 Å².